The fourth-order valence-corrected chi connectivity index (χ4v) is 5.28. The molecule has 0 saturated carbocycles. The van der Waals surface area contributed by atoms with E-state index in [0.717, 1.165) is 36.9 Å². The maximum Gasteiger partial charge on any atom is 0.226 e. The molecule has 2 heterocycles. The van der Waals surface area contributed by atoms with Crippen LogP contribution in [-0.4, -0.2) is 60.4 Å². The zero-order chi connectivity index (χ0) is 24.8. The highest BCUT2D eigenvalue weighted by molar-refractivity contribution is 5.94. The maximum absolute atomic E-state index is 13.4. The molecule has 2 aromatic rings. The van der Waals surface area contributed by atoms with E-state index in [9.17, 15) is 14.0 Å². The maximum atomic E-state index is 13.4. The lowest BCUT2D eigenvalue weighted by Crippen LogP contribution is -2.50. The summed E-state index contributed by atoms with van der Waals surface area (Å²) in [4.78, 5) is 32.6. The number of nitrogens with zero attached hydrogens (tertiary/aromatic N) is 3. The van der Waals surface area contributed by atoms with E-state index < -0.39 is 0 Å². The van der Waals surface area contributed by atoms with Crippen molar-refractivity contribution >= 4 is 17.5 Å². The molecule has 2 bridgehead atoms. The van der Waals surface area contributed by atoms with E-state index >= 15 is 0 Å². The van der Waals surface area contributed by atoms with E-state index in [4.69, 9.17) is 4.74 Å². The molecule has 7 heteroatoms. The minimum absolute atomic E-state index is 0.0186. The van der Waals surface area contributed by atoms with Crippen molar-refractivity contribution in [2.45, 2.75) is 64.1 Å². The minimum atomic E-state index is -0.318. The Morgan fingerprint density at radius 1 is 1.00 bits per heavy atom. The Balaban J connectivity index is 1.56. The Hall–Kier alpha value is -2.93. The molecule has 2 amide bonds. The van der Waals surface area contributed by atoms with Crippen LogP contribution in [0.4, 0.5) is 10.1 Å². The largest absolute Gasteiger partial charge is 0.493 e. The van der Waals surface area contributed by atoms with Gasteiger partial charge in [0.05, 0.1) is 13.0 Å². The van der Waals surface area contributed by atoms with Gasteiger partial charge in [-0.05, 0) is 62.2 Å². The number of hydrogen-bond acceptors (Lipinski definition) is 4. The first-order chi connectivity index (χ1) is 17.0. The highest BCUT2D eigenvalue weighted by atomic mass is 19.1. The van der Waals surface area contributed by atoms with Gasteiger partial charge in [-0.15, -0.1) is 0 Å². The van der Waals surface area contributed by atoms with Crippen molar-refractivity contribution in [3.05, 3.63) is 59.9 Å². The molecule has 1 fully saturated rings. The summed E-state index contributed by atoms with van der Waals surface area (Å²) in [5, 5.41) is 0. The quantitative estimate of drug-likeness (QED) is 0.625. The number of anilines is 1. The molecular weight excluding hydrogens is 445 g/mol. The summed E-state index contributed by atoms with van der Waals surface area (Å²) in [7, 11) is 2.16. The van der Waals surface area contributed by atoms with Crippen molar-refractivity contribution in [3.63, 3.8) is 0 Å². The van der Waals surface area contributed by atoms with Crippen molar-refractivity contribution in [3.8, 4) is 5.75 Å². The van der Waals surface area contributed by atoms with Gasteiger partial charge in [0.2, 0.25) is 11.8 Å². The number of carbonyl (C=O) groups excluding carboxylic acids is 2. The van der Waals surface area contributed by atoms with Gasteiger partial charge in [-0.3, -0.25) is 14.5 Å². The van der Waals surface area contributed by atoms with Gasteiger partial charge in [-0.2, -0.15) is 0 Å². The Kier molecular flexibility index (Phi) is 8.39. The zero-order valence-corrected chi connectivity index (χ0v) is 20.8. The minimum Gasteiger partial charge on any atom is -0.493 e. The number of ether oxygens (including phenoxy) is 1. The second-order valence-corrected chi connectivity index (χ2v) is 9.55. The van der Waals surface area contributed by atoms with E-state index in [2.05, 4.69) is 11.9 Å². The Labute approximate surface area is 207 Å². The summed E-state index contributed by atoms with van der Waals surface area (Å²) in [6, 6.07) is 14.5. The number of benzene rings is 2. The number of fused-ring (bicyclic) bond motifs is 3. The van der Waals surface area contributed by atoms with Gasteiger partial charge in [0.15, 0.2) is 0 Å². The number of rotatable bonds is 5. The van der Waals surface area contributed by atoms with Crippen LogP contribution in [-0.2, 0) is 16.1 Å². The third kappa shape index (κ3) is 6.20. The van der Waals surface area contributed by atoms with Crippen molar-refractivity contribution in [1.82, 2.24) is 9.80 Å². The van der Waals surface area contributed by atoms with Crippen LogP contribution < -0.4 is 9.64 Å². The number of carbonyl (C=O) groups is 2. The van der Waals surface area contributed by atoms with Crippen molar-refractivity contribution in [2.75, 3.05) is 31.6 Å². The number of para-hydroxylation sites is 1. The number of piperidine rings is 1. The van der Waals surface area contributed by atoms with E-state index in [1.807, 2.05) is 41.0 Å². The molecular formula is C28H36FN3O3. The lowest BCUT2D eigenvalue weighted by atomic mass is 9.93. The van der Waals surface area contributed by atoms with Gasteiger partial charge in [0, 0.05) is 43.8 Å². The summed E-state index contributed by atoms with van der Waals surface area (Å²) in [6.07, 6.45) is 4.90. The second-order valence-electron chi connectivity index (χ2n) is 9.55. The van der Waals surface area contributed by atoms with Gasteiger partial charge >= 0.3 is 0 Å². The third-order valence-corrected chi connectivity index (χ3v) is 7.34. The van der Waals surface area contributed by atoms with Crippen molar-refractivity contribution < 1.29 is 18.7 Å². The lowest BCUT2D eigenvalue weighted by Gasteiger charge is -2.42. The zero-order valence-electron chi connectivity index (χ0n) is 20.8. The predicted molar refractivity (Wildman–Crippen MR) is 135 cm³/mol. The smallest absolute Gasteiger partial charge is 0.226 e. The molecule has 4 rings (SSSR count). The van der Waals surface area contributed by atoms with E-state index in [-0.39, 0.29) is 36.7 Å². The molecule has 1 saturated heterocycles. The van der Waals surface area contributed by atoms with Crippen LogP contribution in [0, 0.1) is 5.82 Å². The first-order valence-corrected chi connectivity index (χ1v) is 12.7. The van der Waals surface area contributed by atoms with Crippen LogP contribution in [0.5, 0.6) is 5.75 Å². The summed E-state index contributed by atoms with van der Waals surface area (Å²) in [6.45, 7) is 3.92. The van der Waals surface area contributed by atoms with E-state index in [1.54, 1.807) is 12.1 Å². The Bertz CT molecular complexity index is 1010. The summed E-state index contributed by atoms with van der Waals surface area (Å²) in [5.41, 5.74) is 1.89. The number of likely N-dealkylation sites (N-methyl/N-ethyl adjacent to an activating group) is 1. The molecule has 0 N–H and O–H groups in total. The molecule has 35 heavy (non-hydrogen) atoms. The van der Waals surface area contributed by atoms with Crippen molar-refractivity contribution in [1.29, 1.82) is 0 Å². The van der Waals surface area contributed by atoms with Gasteiger partial charge in [0.25, 0.3) is 0 Å². The van der Waals surface area contributed by atoms with Gasteiger partial charge in [-0.1, -0.05) is 31.5 Å². The summed E-state index contributed by atoms with van der Waals surface area (Å²) >= 11 is 0. The first-order valence-electron chi connectivity index (χ1n) is 12.7. The van der Waals surface area contributed by atoms with Gasteiger partial charge < -0.3 is 14.5 Å². The molecule has 0 aliphatic carbocycles. The monoisotopic (exact) mass is 481 g/mol. The SMILES string of the molecule is CCC(=O)N1CCC2CCCC(CN(C(=O)CCOc3ccc(F)cc3)Cc3ccccc31)N2C. The van der Waals surface area contributed by atoms with Gasteiger partial charge in [0.1, 0.15) is 11.6 Å². The Morgan fingerprint density at radius 2 is 1.74 bits per heavy atom. The van der Waals surface area contributed by atoms with Crippen molar-refractivity contribution in [2.24, 2.45) is 0 Å². The molecule has 2 unspecified atom stereocenters. The lowest BCUT2D eigenvalue weighted by molar-refractivity contribution is -0.133. The predicted octanol–water partition coefficient (Wildman–Crippen LogP) is 4.62. The van der Waals surface area contributed by atoms with Gasteiger partial charge in [-0.25, -0.2) is 4.39 Å². The summed E-state index contributed by atoms with van der Waals surface area (Å²) < 4.78 is 18.9. The molecule has 2 aromatic carbocycles. The first kappa shape index (κ1) is 25.2. The van der Waals surface area contributed by atoms with E-state index in [0.29, 0.717) is 37.8 Å². The fourth-order valence-electron chi connectivity index (χ4n) is 5.28. The normalized spacial score (nSPS) is 21.1. The highest BCUT2D eigenvalue weighted by Gasteiger charge is 2.32. The van der Waals surface area contributed by atoms with E-state index in [1.165, 1.54) is 12.1 Å². The van der Waals surface area contributed by atoms with Crippen LogP contribution >= 0.6 is 0 Å². The molecule has 2 atom stereocenters. The molecule has 0 aromatic heterocycles. The molecule has 188 valence electrons. The highest BCUT2D eigenvalue weighted by Crippen LogP contribution is 2.30. The van der Waals surface area contributed by atoms with Crippen LogP contribution in [0.3, 0.4) is 0 Å². The topological polar surface area (TPSA) is 53.1 Å². The summed E-state index contributed by atoms with van der Waals surface area (Å²) in [5.74, 6) is 0.356. The number of halogens is 1. The average molecular weight is 482 g/mol. The average Bonchev–Trinajstić information content (AvgIpc) is 2.87. The number of amides is 2. The molecule has 2 aliphatic rings. The van der Waals surface area contributed by atoms with Crippen LogP contribution in [0.1, 0.15) is 51.0 Å². The van der Waals surface area contributed by atoms with Crippen LogP contribution in [0.15, 0.2) is 48.5 Å². The Morgan fingerprint density at radius 3 is 2.51 bits per heavy atom. The molecule has 0 spiro atoms. The van der Waals surface area contributed by atoms with Crippen LogP contribution in [0.2, 0.25) is 0 Å². The number of hydrogen-bond donors (Lipinski definition) is 0. The standard InChI is InChI=1S/C28H36FN3O3/c1-3-27(33)32-17-15-23-8-6-9-24(30(23)2)20-31(19-21-7-4-5-10-26(21)32)28(34)16-18-35-25-13-11-22(29)12-14-25/h4-5,7,10-14,23-24H,3,6,8-9,15-20H2,1-2H3. The fraction of sp³-hybridized carbons (Fsp3) is 0.500. The third-order valence-electron chi connectivity index (χ3n) is 7.34. The molecule has 6 nitrogen and oxygen atoms in total. The second kappa shape index (κ2) is 11.7. The molecule has 2 aliphatic heterocycles. The van der Waals surface area contributed by atoms with Crippen LogP contribution in [0.25, 0.3) is 0 Å². The molecule has 0 radical (unpaired) electrons.